The largest absolute Gasteiger partial charge is 0.353 e. The molecule has 0 aliphatic carbocycles. The van der Waals surface area contributed by atoms with Crippen molar-refractivity contribution in [2.75, 3.05) is 19.6 Å². The van der Waals surface area contributed by atoms with Gasteiger partial charge in [0.25, 0.3) is 0 Å². The third-order valence-corrected chi connectivity index (χ3v) is 5.80. The molecule has 0 spiro atoms. The fraction of sp³-hybridized carbons (Fsp3) is 0.650. The van der Waals surface area contributed by atoms with Crippen molar-refractivity contribution in [1.29, 1.82) is 0 Å². The SMILES string of the molecule is CCC(CC)(CN)C(=O)NC1CCN(Cc2ccccc2C)CC1.Cl.Cl. The van der Waals surface area contributed by atoms with Gasteiger partial charge in [0.2, 0.25) is 5.91 Å². The lowest BCUT2D eigenvalue weighted by Crippen LogP contribution is -2.51. The molecule has 1 aromatic rings. The average Bonchev–Trinajstić information content (AvgIpc) is 2.61. The van der Waals surface area contributed by atoms with Crippen LogP contribution in [0.15, 0.2) is 24.3 Å². The van der Waals surface area contributed by atoms with Gasteiger partial charge in [0.05, 0.1) is 5.41 Å². The molecule has 0 radical (unpaired) electrons. The lowest BCUT2D eigenvalue weighted by Gasteiger charge is -2.36. The molecule has 26 heavy (non-hydrogen) atoms. The topological polar surface area (TPSA) is 58.4 Å². The normalized spacial score (nSPS) is 15.7. The molecule has 3 N–H and O–H groups in total. The molecule has 4 nitrogen and oxygen atoms in total. The number of aryl methyl sites for hydroxylation is 1. The predicted octanol–water partition coefficient (Wildman–Crippen LogP) is 3.68. The number of benzene rings is 1. The van der Waals surface area contributed by atoms with Crippen molar-refractivity contribution in [1.82, 2.24) is 10.2 Å². The first kappa shape index (κ1) is 25.2. The highest BCUT2D eigenvalue weighted by Gasteiger charge is 2.35. The van der Waals surface area contributed by atoms with Crippen LogP contribution < -0.4 is 11.1 Å². The Bertz CT molecular complexity index is 533. The summed E-state index contributed by atoms with van der Waals surface area (Å²) in [5.41, 5.74) is 8.25. The van der Waals surface area contributed by atoms with E-state index in [2.05, 4.69) is 55.3 Å². The molecule has 1 aromatic carbocycles. The Morgan fingerprint density at radius 3 is 2.27 bits per heavy atom. The number of hydrogen-bond acceptors (Lipinski definition) is 3. The minimum Gasteiger partial charge on any atom is -0.353 e. The highest BCUT2D eigenvalue weighted by atomic mass is 35.5. The number of rotatable bonds is 7. The molecule has 1 saturated heterocycles. The summed E-state index contributed by atoms with van der Waals surface area (Å²) in [6, 6.07) is 8.86. The Kier molecular flexibility index (Phi) is 11.4. The Balaban J connectivity index is 0.00000312. The second-order valence-corrected chi connectivity index (χ2v) is 7.14. The van der Waals surface area contributed by atoms with Gasteiger partial charge < -0.3 is 11.1 Å². The number of piperidine rings is 1. The van der Waals surface area contributed by atoms with E-state index in [-0.39, 0.29) is 36.8 Å². The number of carbonyl (C=O) groups is 1. The summed E-state index contributed by atoms with van der Waals surface area (Å²) in [5.74, 6) is 0.146. The maximum atomic E-state index is 12.6. The van der Waals surface area contributed by atoms with Gasteiger partial charge in [0, 0.05) is 32.2 Å². The summed E-state index contributed by atoms with van der Waals surface area (Å²) in [5, 5.41) is 3.26. The van der Waals surface area contributed by atoms with Crippen LogP contribution in [0.5, 0.6) is 0 Å². The van der Waals surface area contributed by atoms with Crippen LogP contribution in [0.2, 0.25) is 0 Å². The summed E-state index contributed by atoms with van der Waals surface area (Å²) in [4.78, 5) is 15.1. The zero-order valence-corrected chi connectivity index (χ0v) is 17.9. The van der Waals surface area contributed by atoms with Crippen LogP contribution in [-0.2, 0) is 11.3 Å². The van der Waals surface area contributed by atoms with Crippen LogP contribution in [0.25, 0.3) is 0 Å². The molecule has 2 rings (SSSR count). The molecule has 6 heteroatoms. The Morgan fingerprint density at radius 1 is 1.19 bits per heavy atom. The molecule has 1 fully saturated rings. The van der Waals surface area contributed by atoms with Gasteiger partial charge in [-0.3, -0.25) is 9.69 Å². The molecule has 150 valence electrons. The number of carbonyl (C=O) groups excluding carboxylic acids is 1. The number of amides is 1. The number of hydrogen-bond donors (Lipinski definition) is 2. The van der Waals surface area contributed by atoms with Crippen LogP contribution in [-0.4, -0.2) is 36.5 Å². The molecule has 0 unspecified atom stereocenters. The van der Waals surface area contributed by atoms with Gasteiger partial charge in [-0.15, -0.1) is 24.8 Å². The lowest BCUT2D eigenvalue weighted by molar-refractivity contribution is -0.132. The van der Waals surface area contributed by atoms with Crippen molar-refractivity contribution < 1.29 is 4.79 Å². The average molecular weight is 404 g/mol. The van der Waals surface area contributed by atoms with Gasteiger partial charge in [-0.25, -0.2) is 0 Å². The molecular weight excluding hydrogens is 369 g/mol. The number of likely N-dealkylation sites (tertiary alicyclic amines) is 1. The summed E-state index contributed by atoms with van der Waals surface area (Å²) in [6.07, 6.45) is 3.65. The standard InChI is InChI=1S/C20H33N3O.2ClH/c1-4-20(5-2,15-21)19(24)22-18-10-12-23(13-11-18)14-17-9-7-6-8-16(17)3;;/h6-9,18H,4-5,10-15,21H2,1-3H3,(H,22,24);2*1H. The Morgan fingerprint density at radius 2 is 1.77 bits per heavy atom. The van der Waals surface area contributed by atoms with Crippen LogP contribution in [0.3, 0.4) is 0 Å². The number of halogens is 2. The van der Waals surface area contributed by atoms with Crippen molar-refractivity contribution in [3.8, 4) is 0 Å². The van der Waals surface area contributed by atoms with E-state index in [0.29, 0.717) is 6.54 Å². The smallest absolute Gasteiger partial charge is 0.227 e. The third kappa shape index (κ3) is 6.12. The monoisotopic (exact) mass is 403 g/mol. The molecule has 0 atom stereocenters. The molecule has 0 bridgehead atoms. The molecule has 1 heterocycles. The van der Waals surface area contributed by atoms with E-state index in [9.17, 15) is 4.79 Å². The fourth-order valence-electron chi connectivity index (χ4n) is 3.55. The minimum atomic E-state index is -0.391. The second kappa shape index (κ2) is 11.8. The quantitative estimate of drug-likeness (QED) is 0.729. The van der Waals surface area contributed by atoms with Gasteiger partial charge >= 0.3 is 0 Å². The van der Waals surface area contributed by atoms with E-state index in [1.807, 2.05) is 0 Å². The lowest BCUT2D eigenvalue weighted by atomic mass is 9.81. The van der Waals surface area contributed by atoms with Crippen molar-refractivity contribution in [2.45, 2.75) is 59.0 Å². The first-order valence-electron chi connectivity index (χ1n) is 9.32. The fourth-order valence-corrected chi connectivity index (χ4v) is 3.55. The Labute approximate surface area is 171 Å². The molecule has 1 amide bonds. The summed E-state index contributed by atoms with van der Waals surface area (Å²) in [7, 11) is 0. The second-order valence-electron chi connectivity index (χ2n) is 7.14. The summed E-state index contributed by atoms with van der Waals surface area (Å²) in [6.45, 7) is 9.79. The predicted molar refractivity (Wildman–Crippen MR) is 114 cm³/mol. The van der Waals surface area contributed by atoms with E-state index in [4.69, 9.17) is 5.73 Å². The molecular formula is C20H35Cl2N3O. The van der Waals surface area contributed by atoms with E-state index in [1.54, 1.807) is 0 Å². The van der Waals surface area contributed by atoms with E-state index >= 15 is 0 Å². The van der Waals surface area contributed by atoms with Crippen LogP contribution in [0, 0.1) is 12.3 Å². The van der Waals surface area contributed by atoms with Gasteiger partial charge in [-0.1, -0.05) is 38.1 Å². The highest BCUT2D eigenvalue weighted by Crippen LogP contribution is 2.26. The zero-order chi connectivity index (χ0) is 17.6. The van der Waals surface area contributed by atoms with Crippen molar-refractivity contribution in [3.05, 3.63) is 35.4 Å². The van der Waals surface area contributed by atoms with Crippen LogP contribution >= 0.6 is 24.8 Å². The van der Waals surface area contributed by atoms with Gasteiger partial charge in [0.1, 0.15) is 0 Å². The minimum absolute atomic E-state index is 0. The maximum Gasteiger partial charge on any atom is 0.227 e. The zero-order valence-electron chi connectivity index (χ0n) is 16.3. The van der Waals surface area contributed by atoms with Gasteiger partial charge in [-0.05, 0) is 43.7 Å². The molecule has 0 saturated carbocycles. The third-order valence-electron chi connectivity index (χ3n) is 5.80. The molecule has 1 aliphatic rings. The number of nitrogens with one attached hydrogen (secondary N) is 1. The van der Waals surface area contributed by atoms with Gasteiger partial charge in [-0.2, -0.15) is 0 Å². The Hall–Kier alpha value is -0.810. The van der Waals surface area contributed by atoms with E-state index in [1.165, 1.54) is 11.1 Å². The molecule has 1 aliphatic heterocycles. The van der Waals surface area contributed by atoms with E-state index < -0.39 is 5.41 Å². The van der Waals surface area contributed by atoms with Crippen LogP contribution in [0.4, 0.5) is 0 Å². The van der Waals surface area contributed by atoms with Gasteiger partial charge in [0.15, 0.2) is 0 Å². The summed E-state index contributed by atoms with van der Waals surface area (Å²) >= 11 is 0. The van der Waals surface area contributed by atoms with Crippen molar-refractivity contribution in [2.24, 2.45) is 11.1 Å². The van der Waals surface area contributed by atoms with Crippen molar-refractivity contribution >= 4 is 30.7 Å². The number of nitrogens with zero attached hydrogens (tertiary/aromatic N) is 1. The first-order chi connectivity index (χ1) is 11.5. The first-order valence-corrected chi connectivity index (χ1v) is 9.32. The maximum absolute atomic E-state index is 12.6. The van der Waals surface area contributed by atoms with Crippen molar-refractivity contribution in [3.63, 3.8) is 0 Å². The number of nitrogens with two attached hydrogens (primary N) is 1. The molecule has 0 aromatic heterocycles. The summed E-state index contributed by atoms with van der Waals surface area (Å²) < 4.78 is 0. The van der Waals surface area contributed by atoms with E-state index in [0.717, 1.165) is 45.3 Å². The highest BCUT2D eigenvalue weighted by molar-refractivity contribution is 5.85. The van der Waals surface area contributed by atoms with Crippen LogP contribution in [0.1, 0.15) is 50.7 Å².